The second-order valence-corrected chi connectivity index (χ2v) is 6.57. The van der Waals surface area contributed by atoms with Gasteiger partial charge in [-0.05, 0) is 48.3 Å². The van der Waals surface area contributed by atoms with Crippen LogP contribution in [0.3, 0.4) is 0 Å². The molecule has 0 amide bonds. The number of Topliss-reactive ketones (excluding diaryl/α,β-unsaturated/α-hetero) is 1. The van der Waals surface area contributed by atoms with Crippen molar-refractivity contribution in [2.75, 3.05) is 7.11 Å². The van der Waals surface area contributed by atoms with Crippen molar-refractivity contribution in [1.82, 2.24) is 0 Å². The first-order valence-corrected chi connectivity index (χ1v) is 10.4. The van der Waals surface area contributed by atoms with Crippen molar-refractivity contribution in [1.29, 1.82) is 0 Å². The van der Waals surface area contributed by atoms with E-state index in [1.54, 1.807) is 42.5 Å². The summed E-state index contributed by atoms with van der Waals surface area (Å²) in [5, 5.41) is 0. The van der Waals surface area contributed by atoms with Crippen molar-refractivity contribution in [3.05, 3.63) is 113 Å². The molecule has 0 unspecified atom stereocenters. The molecular formula is C32H30O4. The van der Waals surface area contributed by atoms with E-state index in [0.717, 1.165) is 5.56 Å². The van der Waals surface area contributed by atoms with Gasteiger partial charge >= 0.3 is 0 Å². The monoisotopic (exact) mass is 478 g/mol. The van der Waals surface area contributed by atoms with Gasteiger partial charge in [-0.3, -0.25) is 14.4 Å². The van der Waals surface area contributed by atoms with E-state index in [-0.39, 0.29) is 20.4 Å². The number of carbonyl (C=O) groups is 3. The molecule has 0 saturated heterocycles. The number of terminal acetylenes is 1. The van der Waals surface area contributed by atoms with Gasteiger partial charge in [0, 0.05) is 18.1 Å². The van der Waals surface area contributed by atoms with E-state index >= 15 is 0 Å². The third-order valence-corrected chi connectivity index (χ3v) is 4.11. The summed E-state index contributed by atoms with van der Waals surface area (Å²) in [6.45, 7) is 1.88. The molecule has 182 valence electrons. The molecule has 0 aliphatic rings. The van der Waals surface area contributed by atoms with Crippen molar-refractivity contribution in [2.45, 2.75) is 14.4 Å². The van der Waals surface area contributed by atoms with Crippen LogP contribution in [0.15, 0.2) is 91.0 Å². The molecule has 4 heteroatoms. The third kappa shape index (κ3) is 12.8. The van der Waals surface area contributed by atoms with Gasteiger partial charge in [0.25, 0.3) is 6.47 Å². The molecule has 0 radical (unpaired) electrons. The summed E-state index contributed by atoms with van der Waals surface area (Å²) in [6.07, 6.45) is 8.60. The van der Waals surface area contributed by atoms with Gasteiger partial charge < -0.3 is 4.74 Å². The van der Waals surface area contributed by atoms with Crippen LogP contribution in [-0.4, -0.2) is 25.1 Å². The maximum atomic E-state index is 12.0. The lowest BCUT2D eigenvalue weighted by Crippen LogP contribution is -2.01. The van der Waals surface area contributed by atoms with Crippen LogP contribution in [0.25, 0.3) is 6.08 Å². The number of allylic oxidation sites excluding steroid dienone is 1. The van der Waals surface area contributed by atoms with E-state index in [1.807, 2.05) is 54.6 Å². The highest BCUT2D eigenvalue weighted by molar-refractivity contribution is 6.09. The summed E-state index contributed by atoms with van der Waals surface area (Å²) in [5.41, 5.74) is 2.99. The van der Waals surface area contributed by atoms with E-state index in [9.17, 15) is 9.59 Å². The minimum absolute atomic E-state index is 0. The molecule has 0 atom stereocenters. The maximum absolute atomic E-state index is 12.0. The Bertz CT molecular complexity index is 1280. The minimum atomic E-state index is -0.0271. The van der Waals surface area contributed by atoms with Crippen molar-refractivity contribution >= 4 is 24.1 Å². The summed E-state index contributed by atoms with van der Waals surface area (Å²) in [5.74, 6) is 12.5. The highest BCUT2D eigenvalue weighted by Gasteiger charge is 2.08. The Morgan fingerprint density at radius 2 is 1.31 bits per heavy atom. The number of hydrogen-bond donors (Lipinski definition) is 0. The minimum Gasteiger partial charge on any atom is -0.471 e. The van der Waals surface area contributed by atoms with Gasteiger partial charge in [0.1, 0.15) is 0 Å². The Hall–Kier alpha value is -5.11. The van der Waals surface area contributed by atoms with Crippen molar-refractivity contribution in [3.8, 4) is 36.0 Å². The number of benzene rings is 3. The normalized spacial score (nSPS) is 8.36. The van der Waals surface area contributed by atoms with Crippen LogP contribution in [0, 0.1) is 36.0 Å². The van der Waals surface area contributed by atoms with E-state index in [2.05, 4.69) is 34.3 Å². The lowest BCUT2D eigenvalue weighted by atomic mass is 10.0. The first kappa shape index (κ1) is 30.9. The van der Waals surface area contributed by atoms with Gasteiger partial charge in [0.2, 0.25) is 0 Å². The smallest absolute Gasteiger partial charge is 0.292 e. The standard InChI is InChI=1S/C15H12O2.C14H8.C2H4O2.CH4.H2/c1-11(16)12-7-9-14(10-8-12)15(17)13-5-3-2-4-6-13;1-2-3-4-5-6-8-11-14-12-9-7-10-13-14;1-4-2-3;;/h2-10H,1H3;1,7-13H;2H,1H3;1H4;1H. The van der Waals surface area contributed by atoms with Gasteiger partial charge in [-0.2, -0.15) is 0 Å². The van der Waals surface area contributed by atoms with Crippen LogP contribution >= 0.6 is 0 Å². The lowest BCUT2D eigenvalue weighted by Gasteiger charge is -2.01. The fourth-order valence-electron chi connectivity index (χ4n) is 2.46. The molecule has 3 aromatic carbocycles. The Morgan fingerprint density at radius 3 is 1.81 bits per heavy atom. The number of hydrogen-bond acceptors (Lipinski definition) is 4. The summed E-state index contributed by atoms with van der Waals surface area (Å²) in [6, 6.07) is 25.8. The quantitative estimate of drug-likeness (QED) is 0.251. The average molecular weight is 479 g/mol. The van der Waals surface area contributed by atoms with Gasteiger partial charge in [0.15, 0.2) is 11.6 Å². The van der Waals surface area contributed by atoms with Gasteiger partial charge in [-0.25, -0.2) is 0 Å². The Labute approximate surface area is 215 Å². The summed E-state index contributed by atoms with van der Waals surface area (Å²) in [7, 11) is 1.31. The number of methoxy groups -OCH3 is 1. The first-order chi connectivity index (χ1) is 17.0. The van der Waals surface area contributed by atoms with Crippen LogP contribution in [0.5, 0.6) is 0 Å². The molecule has 3 aromatic rings. The Kier molecular flexibility index (Phi) is 16.6. The Morgan fingerprint density at radius 1 is 0.806 bits per heavy atom. The predicted molar refractivity (Wildman–Crippen MR) is 148 cm³/mol. The first-order valence-electron chi connectivity index (χ1n) is 10.4. The molecule has 3 rings (SSSR count). The molecule has 0 saturated carbocycles. The van der Waals surface area contributed by atoms with E-state index in [0.29, 0.717) is 23.2 Å². The maximum Gasteiger partial charge on any atom is 0.292 e. The van der Waals surface area contributed by atoms with Crippen LogP contribution in [0.1, 0.15) is 47.6 Å². The molecule has 0 spiro atoms. The number of ketones is 2. The second kappa shape index (κ2) is 19.4. The average Bonchev–Trinajstić information content (AvgIpc) is 2.92. The van der Waals surface area contributed by atoms with Crippen LogP contribution in [0.2, 0.25) is 0 Å². The highest BCUT2D eigenvalue weighted by Crippen LogP contribution is 2.11. The molecule has 36 heavy (non-hydrogen) atoms. The fraction of sp³-hybridized carbons (Fsp3) is 0.0938. The molecule has 0 fully saturated rings. The molecule has 0 aromatic heterocycles. The topological polar surface area (TPSA) is 60.4 Å². The molecule has 0 aliphatic heterocycles. The molecule has 0 aliphatic carbocycles. The summed E-state index contributed by atoms with van der Waals surface area (Å²) >= 11 is 0. The Balaban J connectivity index is 0. The van der Waals surface area contributed by atoms with Crippen LogP contribution < -0.4 is 0 Å². The lowest BCUT2D eigenvalue weighted by molar-refractivity contribution is -0.126. The zero-order chi connectivity index (χ0) is 25.7. The van der Waals surface area contributed by atoms with Crippen molar-refractivity contribution in [3.63, 3.8) is 0 Å². The van der Waals surface area contributed by atoms with Crippen LogP contribution in [-0.2, 0) is 9.53 Å². The zero-order valence-corrected chi connectivity index (χ0v) is 19.5. The molecule has 4 nitrogen and oxygen atoms in total. The van der Waals surface area contributed by atoms with Crippen LogP contribution in [0.4, 0.5) is 0 Å². The fourth-order valence-corrected chi connectivity index (χ4v) is 2.46. The summed E-state index contributed by atoms with van der Waals surface area (Å²) < 4.78 is 3.86. The molecule has 0 heterocycles. The van der Waals surface area contributed by atoms with Gasteiger partial charge in [-0.1, -0.05) is 98.3 Å². The SMILES string of the molecule is C.C#CC#CC#CC=Cc1ccccc1.CC(=O)c1ccc(C(=O)c2ccccc2)cc1.COC=O.[HH]. The summed E-state index contributed by atoms with van der Waals surface area (Å²) in [4.78, 5) is 32.1. The molecule has 0 bridgehead atoms. The van der Waals surface area contributed by atoms with E-state index in [1.165, 1.54) is 14.0 Å². The zero-order valence-electron chi connectivity index (χ0n) is 19.5. The van der Waals surface area contributed by atoms with Crippen molar-refractivity contribution < 1.29 is 20.5 Å². The van der Waals surface area contributed by atoms with Crippen molar-refractivity contribution in [2.24, 2.45) is 0 Å². The van der Waals surface area contributed by atoms with Gasteiger partial charge in [0.05, 0.1) is 7.11 Å². The second-order valence-electron chi connectivity index (χ2n) is 6.57. The molecule has 0 N–H and O–H groups in total. The highest BCUT2D eigenvalue weighted by atomic mass is 16.5. The predicted octanol–water partition coefficient (Wildman–Crippen LogP) is 6.13. The molecular weight excluding hydrogens is 448 g/mol. The number of rotatable bonds is 5. The largest absolute Gasteiger partial charge is 0.471 e. The van der Waals surface area contributed by atoms with Gasteiger partial charge in [-0.15, -0.1) is 6.42 Å². The number of carbonyl (C=O) groups excluding carboxylic acids is 3. The third-order valence-electron chi connectivity index (χ3n) is 4.11. The van der Waals surface area contributed by atoms with E-state index in [4.69, 9.17) is 11.2 Å². The number of ether oxygens (including phenoxy) is 1. The van der Waals surface area contributed by atoms with E-state index < -0.39 is 0 Å².